The molecule has 0 aromatic rings. The molecule has 0 aliphatic carbocycles. The number of unbranched alkanes of at least 4 members (excludes halogenated alkanes) is 27. The van der Waals surface area contributed by atoms with E-state index in [1.165, 1.54) is 116 Å². The summed E-state index contributed by atoms with van der Waals surface area (Å²) in [7, 11) is 0. The van der Waals surface area contributed by atoms with Crippen molar-refractivity contribution in [3.63, 3.8) is 0 Å². The topological polar surface area (TPSA) is 78.9 Å². The Hall–Kier alpha value is -3.93. The fourth-order valence-corrected chi connectivity index (χ4v) is 8.54. The SMILES string of the molecule is CC/C=C\C/C=C\C/C=C\C/C=C\C/C=C\C/C=C\CCCCCCCCCCCCCCC(=O)OCC(COC(=O)CCCCCCC/C=C\CCCCCC)OC(=O)CCCCCCC/C=C\C/C=C\CCC. The van der Waals surface area contributed by atoms with Crippen LogP contribution in [0.2, 0.25) is 0 Å². The molecule has 1 unspecified atom stereocenters. The summed E-state index contributed by atoms with van der Waals surface area (Å²) in [5, 5.41) is 0. The van der Waals surface area contributed by atoms with Gasteiger partial charge in [-0.1, -0.05) is 259 Å². The van der Waals surface area contributed by atoms with Crippen LogP contribution in [0.15, 0.2) is 109 Å². The van der Waals surface area contributed by atoms with Crippen molar-refractivity contribution >= 4 is 17.9 Å². The second-order valence-electron chi connectivity index (χ2n) is 20.6. The van der Waals surface area contributed by atoms with E-state index < -0.39 is 6.10 Å². The lowest BCUT2D eigenvalue weighted by Crippen LogP contribution is -2.30. The van der Waals surface area contributed by atoms with Gasteiger partial charge in [0.05, 0.1) is 0 Å². The molecule has 0 heterocycles. The van der Waals surface area contributed by atoms with Crippen molar-refractivity contribution in [1.82, 2.24) is 0 Å². The van der Waals surface area contributed by atoms with E-state index in [-0.39, 0.29) is 31.1 Å². The molecule has 75 heavy (non-hydrogen) atoms. The Bertz CT molecular complexity index is 1520. The fraction of sp³-hybridized carbons (Fsp3) is 0.696. The quantitative estimate of drug-likeness (QED) is 0.0261. The Morgan fingerprint density at radius 2 is 0.547 bits per heavy atom. The van der Waals surface area contributed by atoms with Gasteiger partial charge in [-0.3, -0.25) is 14.4 Å². The molecule has 0 fully saturated rings. The number of carbonyl (C=O) groups is 3. The molecule has 0 rings (SSSR count). The zero-order valence-corrected chi connectivity index (χ0v) is 49.0. The van der Waals surface area contributed by atoms with Gasteiger partial charge in [0, 0.05) is 19.3 Å². The summed E-state index contributed by atoms with van der Waals surface area (Å²) < 4.78 is 16.9. The number of hydrogen-bond donors (Lipinski definition) is 0. The highest BCUT2D eigenvalue weighted by Crippen LogP contribution is 2.15. The van der Waals surface area contributed by atoms with E-state index in [9.17, 15) is 14.4 Å². The normalized spacial score (nSPS) is 12.8. The molecule has 6 heteroatoms. The van der Waals surface area contributed by atoms with Crippen LogP contribution in [0.5, 0.6) is 0 Å². The first-order chi connectivity index (χ1) is 37.0. The molecule has 0 amide bonds. The van der Waals surface area contributed by atoms with E-state index in [1.807, 2.05) is 0 Å². The summed E-state index contributed by atoms with van der Waals surface area (Å²) in [6.45, 7) is 6.43. The van der Waals surface area contributed by atoms with Gasteiger partial charge in [-0.05, 0) is 122 Å². The van der Waals surface area contributed by atoms with Gasteiger partial charge in [-0.15, -0.1) is 0 Å². The maximum atomic E-state index is 12.8. The van der Waals surface area contributed by atoms with Crippen LogP contribution < -0.4 is 0 Å². The van der Waals surface area contributed by atoms with Gasteiger partial charge >= 0.3 is 17.9 Å². The summed E-state index contributed by atoms with van der Waals surface area (Å²) >= 11 is 0. The van der Waals surface area contributed by atoms with Crippen molar-refractivity contribution < 1.29 is 28.6 Å². The maximum absolute atomic E-state index is 12.8. The Balaban J connectivity index is 4.21. The number of carbonyl (C=O) groups excluding carboxylic acids is 3. The van der Waals surface area contributed by atoms with Gasteiger partial charge in [0.15, 0.2) is 6.10 Å². The molecule has 0 radical (unpaired) electrons. The van der Waals surface area contributed by atoms with Gasteiger partial charge < -0.3 is 14.2 Å². The van der Waals surface area contributed by atoms with Crippen LogP contribution in [0, 0.1) is 0 Å². The number of esters is 3. The third-order valence-electron chi connectivity index (χ3n) is 13.2. The van der Waals surface area contributed by atoms with E-state index in [2.05, 4.69) is 130 Å². The molecule has 0 aliphatic heterocycles. The third kappa shape index (κ3) is 60.8. The largest absolute Gasteiger partial charge is 0.462 e. The first-order valence-electron chi connectivity index (χ1n) is 31.4. The van der Waals surface area contributed by atoms with Crippen LogP contribution in [-0.4, -0.2) is 37.2 Å². The Morgan fingerprint density at radius 1 is 0.280 bits per heavy atom. The molecule has 0 N–H and O–H groups in total. The molecular formula is C69H116O6. The van der Waals surface area contributed by atoms with Crippen molar-refractivity contribution in [2.24, 2.45) is 0 Å². The van der Waals surface area contributed by atoms with Gasteiger partial charge in [0.1, 0.15) is 13.2 Å². The van der Waals surface area contributed by atoms with Crippen LogP contribution in [0.3, 0.4) is 0 Å². The number of hydrogen-bond acceptors (Lipinski definition) is 6. The zero-order valence-electron chi connectivity index (χ0n) is 49.0. The van der Waals surface area contributed by atoms with Crippen molar-refractivity contribution in [2.45, 2.75) is 297 Å². The average Bonchev–Trinajstić information content (AvgIpc) is 3.41. The second kappa shape index (κ2) is 62.6. The first-order valence-corrected chi connectivity index (χ1v) is 31.4. The summed E-state index contributed by atoms with van der Waals surface area (Å²) in [4.78, 5) is 38.2. The van der Waals surface area contributed by atoms with Crippen LogP contribution in [0.25, 0.3) is 0 Å². The summed E-state index contributed by atoms with van der Waals surface area (Å²) in [5.74, 6) is -0.908. The third-order valence-corrected chi connectivity index (χ3v) is 13.2. The molecule has 0 spiro atoms. The Morgan fingerprint density at radius 3 is 0.880 bits per heavy atom. The summed E-state index contributed by atoms with van der Waals surface area (Å²) in [5.41, 5.74) is 0. The van der Waals surface area contributed by atoms with E-state index in [0.717, 1.165) is 135 Å². The van der Waals surface area contributed by atoms with Crippen LogP contribution >= 0.6 is 0 Å². The standard InChI is InChI=1S/C69H116O6/c1-4-7-10-13-16-19-22-25-26-27-28-29-30-31-32-33-34-35-36-37-38-39-40-41-42-45-47-50-53-56-59-62-68(71)74-65-66(75-69(72)63-60-57-54-51-48-44-24-21-18-15-12-9-6-3)64-73-67(70)61-58-55-52-49-46-43-23-20-17-14-11-8-5-2/h7,10,12,15-16,19-21,23-26,28-29,31-32,34-35,66H,4-6,8-9,11,13-14,17-18,22,27,30,33,36-65H2,1-3H3/b10-7-,15-12-,19-16-,23-20-,24-21-,26-25-,29-28-,32-31-,35-34-. The van der Waals surface area contributed by atoms with Crippen molar-refractivity contribution in [3.8, 4) is 0 Å². The van der Waals surface area contributed by atoms with Crippen LogP contribution in [-0.2, 0) is 28.6 Å². The van der Waals surface area contributed by atoms with Crippen LogP contribution in [0.4, 0.5) is 0 Å². The summed E-state index contributed by atoms with van der Waals surface area (Å²) in [6, 6.07) is 0. The molecule has 0 aromatic heterocycles. The van der Waals surface area contributed by atoms with Gasteiger partial charge in [-0.2, -0.15) is 0 Å². The minimum Gasteiger partial charge on any atom is -0.462 e. The molecule has 0 aromatic carbocycles. The Kier molecular flexibility index (Phi) is 59.3. The van der Waals surface area contributed by atoms with E-state index >= 15 is 0 Å². The predicted molar refractivity (Wildman–Crippen MR) is 325 cm³/mol. The van der Waals surface area contributed by atoms with Crippen LogP contribution in [0.1, 0.15) is 290 Å². The number of ether oxygens (including phenoxy) is 3. The zero-order chi connectivity index (χ0) is 54.3. The molecule has 428 valence electrons. The number of rotatable bonds is 56. The Labute approximate surface area is 463 Å². The molecule has 0 saturated carbocycles. The fourth-order valence-electron chi connectivity index (χ4n) is 8.54. The molecule has 0 saturated heterocycles. The van der Waals surface area contributed by atoms with Crippen molar-refractivity contribution in [1.29, 1.82) is 0 Å². The summed E-state index contributed by atoms with van der Waals surface area (Å²) in [6.07, 6.45) is 85.3. The van der Waals surface area contributed by atoms with E-state index in [0.29, 0.717) is 19.3 Å². The molecule has 6 nitrogen and oxygen atoms in total. The van der Waals surface area contributed by atoms with Gasteiger partial charge in [0.2, 0.25) is 0 Å². The first kappa shape index (κ1) is 71.1. The molecule has 0 bridgehead atoms. The molecular weight excluding hydrogens is 925 g/mol. The number of allylic oxidation sites excluding steroid dienone is 18. The predicted octanol–water partition coefficient (Wildman–Crippen LogP) is 21.4. The minimum atomic E-state index is -0.790. The van der Waals surface area contributed by atoms with E-state index in [4.69, 9.17) is 14.2 Å². The lowest BCUT2D eigenvalue weighted by molar-refractivity contribution is -0.167. The minimum absolute atomic E-state index is 0.0869. The lowest BCUT2D eigenvalue weighted by atomic mass is 10.0. The maximum Gasteiger partial charge on any atom is 0.306 e. The van der Waals surface area contributed by atoms with Gasteiger partial charge in [0.25, 0.3) is 0 Å². The van der Waals surface area contributed by atoms with E-state index in [1.54, 1.807) is 0 Å². The molecule has 1 atom stereocenters. The van der Waals surface area contributed by atoms with Crippen molar-refractivity contribution in [2.75, 3.05) is 13.2 Å². The van der Waals surface area contributed by atoms with Crippen molar-refractivity contribution in [3.05, 3.63) is 109 Å². The highest BCUT2D eigenvalue weighted by molar-refractivity contribution is 5.71. The second-order valence-corrected chi connectivity index (χ2v) is 20.6. The average molecular weight is 1040 g/mol. The highest BCUT2D eigenvalue weighted by atomic mass is 16.6. The molecule has 0 aliphatic rings. The smallest absolute Gasteiger partial charge is 0.306 e. The van der Waals surface area contributed by atoms with Gasteiger partial charge in [-0.25, -0.2) is 0 Å². The lowest BCUT2D eigenvalue weighted by Gasteiger charge is -2.18. The highest BCUT2D eigenvalue weighted by Gasteiger charge is 2.19. The monoisotopic (exact) mass is 1040 g/mol.